The van der Waals surface area contributed by atoms with E-state index in [1.54, 1.807) is 7.05 Å². The van der Waals surface area contributed by atoms with E-state index in [0.29, 0.717) is 18.9 Å². The molecule has 1 unspecified atom stereocenters. The van der Waals surface area contributed by atoms with Gasteiger partial charge in [-0.25, -0.2) is 0 Å². The van der Waals surface area contributed by atoms with E-state index < -0.39 is 0 Å². The van der Waals surface area contributed by atoms with E-state index in [1.165, 1.54) is 0 Å². The van der Waals surface area contributed by atoms with Gasteiger partial charge in [0.2, 0.25) is 5.91 Å². The number of nitrogens with zero attached hydrogens (tertiary/aromatic N) is 3. The Morgan fingerprint density at radius 2 is 2.04 bits per heavy atom. The molecule has 1 fully saturated rings. The number of aromatic nitrogens is 2. The van der Waals surface area contributed by atoms with E-state index in [4.69, 9.17) is 5.73 Å². The van der Waals surface area contributed by atoms with Crippen LogP contribution < -0.4 is 16.0 Å². The van der Waals surface area contributed by atoms with Gasteiger partial charge in [-0.15, -0.1) is 0 Å². The van der Waals surface area contributed by atoms with Crippen LogP contribution in [0.4, 0.5) is 5.69 Å². The van der Waals surface area contributed by atoms with Crippen molar-refractivity contribution in [3.8, 4) is 0 Å². The van der Waals surface area contributed by atoms with Crippen LogP contribution in [0.1, 0.15) is 51.1 Å². The predicted molar refractivity (Wildman–Crippen MR) is 114 cm³/mol. The number of carbonyl (C=O) groups excluding carboxylic acids is 2. The molecule has 7 heteroatoms. The van der Waals surface area contributed by atoms with Gasteiger partial charge in [0.15, 0.2) is 0 Å². The maximum atomic E-state index is 11.6. The number of aldehydes is 1. The normalized spacial score (nSPS) is 15.7. The largest absolute Gasteiger partial charge is 0.371 e. The fraction of sp³-hybridized carbons (Fsp3) is 0.571. The Hall–Kier alpha value is -2.41. The third kappa shape index (κ3) is 4.90. The highest BCUT2D eigenvalue weighted by Gasteiger charge is 2.21. The van der Waals surface area contributed by atoms with Gasteiger partial charge >= 0.3 is 0 Å². The number of rotatable bonds is 6. The average Bonchev–Trinajstić information content (AvgIpc) is 3.06. The smallest absolute Gasteiger partial charge is 0.219 e. The fourth-order valence-electron chi connectivity index (χ4n) is 3.58. The number of benzene rings is 1. The number of anilines is 1. The first-order valence-electron chi connectivity index (χ1n) is 10.2. The second-order valence-corrected chi connectivity index (χ2v) is 6.99. The molecule has 28 heavy (non-hydrogen) atoms. The molecule has 1 aromatic heterocycles. The Balaban J connectivity index is 0.00000136. The average molecular weight is 388 g/mol. The van der Waals surface area contributed by atoms with Gasteiger partial charge in [0.05, 0.1) is 17.1 Å². The van der Waals surface area contributed by atoms with Crippen molar-refractivity contribution >= 4 is 28.8 Å². The number of aryl methyl sites for hydroxylation is 1. The van der Waals surface area contributed by atoms with Gasteiger partial charge in [-0.2, -0.15) is 5.10 Å². The quantitative estimate of drug-likeness (QED) is 0.742. The molecule has 0 spiro atoms. The van der Waals surface area contributed by atoms with Crippen molar-refractivity contribution in [3.63, 3.8) is 0 Å². The Labute approximate surface area is 167 Å². The van der Waals surface area contributed by atoms with Crippen molar-refractivity contribution in [2.45, 2.75) is 51.5 Å². The lowest BCUT2D eigenvalue weighted by atomic mass is 9.97. The minimum Gasteiger partial charge on any atom is -0.371 e. The van der Waals surface area contributed by atoms with Gasteiger partial charge in [-0.3, -0.25) is 9.48 Å². The van der Waals surface area contributed by atoms with Gasteiger partial charge < -0.3 is 20.7 Å². The molecular weight excluding hydrogens is 354 g/mol. The zero-order valence-electron chi connectivity index (χ0n) is 17.4. The van der Waals surface area contributed by atoms with Gasteiger partial charge in [0, 0.05) is 50.7 Å². The lowest BCUT2D eigenvalue weighted by Crippen LogP contribution is -2.39. The van der Waals surface area contributed by atoms with Gasteiger partial charge in [0.1, 0.15) is 6.29 Å². The number of nitrogens with two attached hydrogens (primary N) is 1. The summed E-state index contributed by atoms with van der Waals surface area (Å²) in [7, 11) is 3.49. The van der Waals surface area contributed by atoms with Gasteiger partial charge in [0.25, 0.3) is 0 Å². The maximum absolute atomic E-state index is 11.6. The van der Waals surface area contributed by atoms with Crippen molar-refractivity contribution < 1.29 is 9.59 Å². The summed E-state index contributed by atoms with van der Waals surface area (Å²) in [6.45, 7) is 5.92. The minimum atomic E-state index is -0.380. The second-order valence-electron chi connectivity index (χ2n) is 6.99. The topological polar surface area (TPSA) is 93.2 Å². The van der Waals surface area contributed by atoms with Crippen molar-refractivity contribution in [1.29, 1.82) is 0 Å². The zero-order chi connectivity index (χ0) is 20.7. The fourth-order valence-corrected chi connectivity index (χ4v) is 3.58. The number of nitrogens with one attached hydrogen (secondary N) is 1. The SMILES string of the molecule is CC.CNC(=O)CCC(C=O)c1nn(C)c2cc(N3CCC(N)CC3)ccc12. The minimum absolute atomic E-state index is 0.0670. The molecule has 0 bridgehead atoms. The molecular formula is C21H33N5O2. The van der Waals surface area contributed by atoms with Crippen molar-refractivity contribution in [2.24, 2.45) is 12.8 Å². The summed E-state index contributed by atoms with van der Waals surface area (Å²) in [6.07, 6.45) is 3.67. The zero-order valence-corrected chi connectivity index (χ0v) is 17.4. The molecule has 1 saturated heterocycles. The molecule has 1 aliphatic heterocycles. The van der Waals surface area contributed by atoms with E-state index in [0.717, 1.165) is 54.5 Å². The van der Waals surface area contributed by atoms with Crippen LogP contribution in [-0.2, 0) is 16.6 Å². The Kier molecular flexibility index (Phi) is 7.99. The first-order valence-corrected chi connectivity index (χ1v) is 10.2. The first kappa shape index (κ1) is 21.9. The molecule has 3 N–H and O–H groups in total. The van der Waals surface area contributed by atoms with Gasteiger partial charge in [-0.05, 0) is 37.5 Å². The van der Waals surface area contributed by atoms with E-state index in [1.807, 2.05) is 31.6 Å². The van der Waals surface area contributed by atoms with Crippen molar-refractivity contribution in [2.75, 3.05) is 25.0 Å². The predicted octanol–water partition coefficient (Wildman–Crippen LogP) is 2.34. The highest BCUT2D eigenvalue weighted by molar-refractivity contribution is 5.88. The summed E-state index contributed by atoms with van der Waals surface area (Å²) in [4.78, 5) is 25.5. The summed E-state index contributed by atoms with van der Waals surface area (Å²) in [5.74, 6) is -0.447. The van der Waals surface area contributed by atoms with Crippen LogP contribution in [0.25, 0.3) is 10.9 Å². The Bertz CT molecular complexity index is 793. The number of carbonyl (C=O) groups is 2. The van der Waals surface area contributed by atoms with Crippen molar-refractivity contribution in [1.82, 2.24) is 15.1 Å². The van der Waals surface area contributed by atoms with E-state index >= 15 is 0 Å². The number of hydrogen-bond acceptors (Lipinski definition) is 5. The molecule has 1 atom stereocenters. The molecule has 0 aliphatic carbocycles. The highest BCUT2D eigenvalue weighted by atomic mass is 16.1. The number of fused-ring (bicyclic) bond motifs is 1. The van der Waals surface area contributed by atoms with Gasteiger partial charge in [-0.1, -0.05) is 13.8 Å². The van der Waals surface area contributed by atoms with E-state index in [-0.39, 0.29) is 11.8 Å². The van der Waals surface area contributed by atoms with Crippen LogP contribution in [0.15, 0.2) is 18.2 Å². The monoisotopic (exact) mass is 387 g/mol. The summed E-state index contributed by atoms with van der Waals surface area (Å²) < 4.78 is 1.82. The van der Waals surface area contributed by atoms with E-state index in [2.05, 4.69) is 27.4 Å². The third-order valence-electron chi connectivity index (χ3n) is 5.25. The summed E-state index contributed by atoms with van der Waals surface area (Å²) in [6, 6.07) is 6.55. The highest BCUT2D eigenvalue weighted by Crippen LogP contribution is 2.30. The second kappa shape index (κ2) is 10.2. The van der Waals surface area contributed by atoms with Crippen LogP contribution in [-0.4, -0.2) is 48.2 Å². The molecule has 154 valence electrons. The number of amides is 1. The number of piperidine rings is 1. The molecule has 2 aromatic rings. The Morgan fingerprint density at radius 1 is 1.36 bits per heavy atom. The van der Waals surface area contributed by atoms with Crippen LogP contribution >= 0.6 is 0 Å². The molecule has 1 aromatic carbocycles. The van der Waals surface area contributed by atoms with Crippen LogP contribution in [0.5, 0.6) is 0 Å². The lowest BCUT2D eigenvalue weighted by Gasteiger charge is -2.32. The van der Waals surface area contributed by atoms with Crippen LogP contribution in [0.3, 0.4) is 0 Å². The van der Waals surface area contributed by atoms with Crippen molar-refractivity contribution in [3.05, 3.63) is 23.9 Å². The van der Waals surface area contributed by atoms with Crippen LogP contribution in [0, 0.1) is 0 Å². The van der Waals surface area contributed by atoms with E-state index in [9.17, 15) is 9.59 Å². The third-order valence-corrected chi connectivity index (χ3v) is 5.25. The Morgan fingerprint density at radius 3 is 2.64 bits per heavy atom. The molecule has 7 nitrogen and oxygen atoms in total. The molecule has 0 radical (unpaired) electrons. The lowest BCUT2D eigenvalue weighted by molar-refractivity contribution is -0.120. The number of hydrogen-bond donors (Lipinski definition) is 2. The van der Waals surface area contributed by atoms with Crippen LogP contribution in [0.2, 0.25) is 0 Å². The maximum Gasteiger partial charge on any atom is 0.219 e. The summed E-state index contributed by atoms with van der Waals surface area (Å²) in [5.41, 5.74) is 8.90. The first-order chi connectivity index (χ1) is 13.5. The molecule has 3 rings (SSSR count). The molecule has 2 heterocycles. The summed E-state index contributed by atoms with van der Waals surface area (Å²) in [5, 5.41) is 8.14. The molecule has 0 saturated carbocycles. The standard InChI is InChI=1S/C19H27N5O2.C2H6/c1-21-18(26)6-3-13(12-25)19-16-5-4-15(11-17(16)23(2)22-19)24-9-7-14(20)8-10-24;1-2/h4-5,11-14H,3,6-10,20H2,1-2H3,(H,21,26);1-2H3. The summed E-state index contributed by atoms with van der Waals surface area (Å²) >= 11 is 0. The molecule has 1 aliphatic rings. The molecule has 1 amide bonds.